The Morgan fingerprint density at radius 3 is 1.22 bits per heavy atom. The molecule has 0 saturated heterocycles. The highest BCUT2D eigenvalue weighted by atomic mass is 16.6. The quantitative estimate of drug-likeness (QED) is 0.0364. The van der Waals surface area contributed by atoms with Gasteiger partial charge in [-0.2, -0.15) is 0 Å². The Bertz CT molecular complexity index is 3130. The van der Waals surface area contributed by atoms with Gasteiger partial charge in [-0.15, -0.1) is 0 Å². The van der Waals surface area contributed by atoms with Crippen molar-refractivity contribution in [3.05, 3.63) is 152 Å². The SMILES string of the molecule is CO[C@H]1/C=C\C=C(/C)C(=O)NC2=CC(=O)C(NCCOC(=O)c3ccc(C(=O)OCCNC4=C5C[C@@H](C)C[C@@H](OC)[C@@H](O)[C@@H](C)/C=C(/C)[C@@H](OC(N)=O)[C@H](OC)/C=C\C=C(\C)C(=O)NC(=CC4=O)C5=O)cc3)=C(C[C@@H](C)C[C@H](OC)[C@H](O)[C@@H](C)/C=C(\C)[C@@H]1OC(N)=O)C2=O. The van der Waals surface area contributed by atoms with Crippen molar-refractivity contribution in [3.63, 3.8) is 0 Å². The van der Waals surface area contributed by atoms with Gasteiger partial charge in [-0.25, -0.2) is 19.2 Å². The molecule has 4 bridgehead atoms. The molecule has 0 fully saturated rings. The van der Waals surface area contributed by atoms with Crippen LogP contribution in [0.1, 0.15) is 102 Å². The molecule has 2 heterocycles. The third-order valence-corrected chi connectivity index (χ3v) is 16.2. The van der Waals surface area contributed by atoms with E-state index >= 15 is 0 Å². The molecule has 0 spiro atoms. The fourth-order valence-electron chi connectivity index (χ4n) is 11.1. The number of benzene rings is 1. The van der Waals surface area contributed by atoms with Gasteiger partial charge in [-0.1, -0.05) is 76.3 Å². The number of ketones is 4. The van der Waals surface area contributed by atoms with Crippen LogP contribution < -0.4 is 32.7 Å². The average Bonchev–Trinajstić information content (AvgIpc) is 0.861. The van der Waals surface area contributed by atoms with Crippen LogP contribution in [0.25, 0.3) is 0 Å². The van der Waals surface area contributed by atoms with Crippen molar-refractivity contribution in [1.82, 2.24) is 21.3 Å². The van der Waals surface area contributed by atoms with E-state index in [2.05, 4.69) is 21.3 Å². The van der Waals surface area contributed by atoms with Crippen LogP contribution >= 0.6 is 0 Å². The number of carbonyl (C=O) groups excluding carboxylic acids is 10. The van der Waals surface area contributed by atoms with Crippen molar-refractivity contribution in [2.45, 2.75) is 130 Å². The lowest BCUT2D eigenvalue weighted by Gasteiger charge is -2.30. The predicted molar refractivity (Wildman–Crippen MR) is 342 cm³/mol. The first-order valence-corrected chi connectivity index (χ1v) is 30.6. The maximum atomic E-state index is 14.2. The van der Waals surface area contributed by atoms with Crippen molar-refractivity contribution >= 4 is 59.1 Å². The highest BCUT2D eigenvalue weighted by Crippen LogP contribution is 2.32. The van der Waals surface area contributed by atoms with Crippen molar-refractivity contribution in [1.29, 1.82) is 0 Å². The normalized spacial score (nSPS) is 29.6. The molecular formula is C68H88N6O20. The van der Waals surface area contributed by atoms with Crippen molar-refractivity contribution in [3.8, 4) is 0 Å². The second-order valence-electron chi connectivity index (χ2n) is 23.6. The molecule has 94 heavy (non-hydrogen) atoms. The number of nitrogens with two attached hydrogens (primary N) is 2. The summed E-state index contributed by atoms with van der Waals surface area (Å²) in [5.41, 5.74) is 11.6. The standard InChI is InChI=1S/C68H88N6O20/c1-35-27-45-55(49(75)33-47(59(45)79)73-63(81)37(3)15-13-17-51(87-9)61(93-67(69)85)41(7)31-39(5)57(77)53(29-35)89-11)71-23-25-91-65(83)43-19-21-44(22-20-43)66(84)92-26-24-72-56-46-28-36(2)30-54(90-12)58(78)40(6)32-42(8)62(94-68(70)86)52(88-10)18-14-16-38(4)64(82)74-48(60(46)80)34-50(56)76/h13-22,31-36,39-40,51-54,57-58,61-62,71-72,77-78H,23-30H2,1-12H3,(H2,69,85)(H2,70,86)(H,73,81)(H,74,82)/b17-13-,18-14-,37-15-,38-16+,41-31-,42-32+/t35-,36-,39+,40+,51-,52+,53-,54+,57+,58-,61-,62+/m1/s1. The molecule has 5 rings (SSSR count). The van der Waals surface area contributed by atoms with E-state index < -0.39 is 132 Å². The van der Waals surface area contributed by atoms with Crippen LogP contribution in [0.15, 0.2) is 141 Å². The first-order valence-electron chi connectivity index (χ1n) is 30.6. The Labute approximate surface area is 546 Å². The second kappa shape index (κ2) is 35.9. The average molecular weight is 1310 g/mol. The molecule has 1 aromatic rings. The monoisotopic (exact) mass is 1310 g/mol. The smallest absolute Gasteiger partial charge is 0.405 e. The predicted octanol–water partition coefficient (Wildman–Crippen LogP) is 4.73. The second-order valence-corrected chi connectivity index (χ2v) is 23.6. The van der Waals surface area contributed by atoms with Gasteiger partial charge in [0.2, 0.25) is 23.1 Å². The van der Waals surface area contributed by atoms with E-state index in [-0.39, 0.29) is 108 Å². The third kappa shape index (κ3) is 21.0. The maximum absolute atomic E-state index is 14.2. The first kappa shape index (κ1) is 75.8. The highest BCUT2D eigenvalue weighted by Gasteiger charge is 2.37. The molecule has 1 aromatic carbocycles. The van der Waals surface area contributed by atoms with E-state index in [0.717, 1.165) is 12.2 Å². The lowest BCUT2D eigenvalue weighted by Crippen LogP contribution is -2.38. The van der Waals surface area contributed by atoms with Gasteiger partial charge in [0.25, 0.3) is 11.8 Å². The summed E-state index contributed by atoms with van der Waals surface area (Å²) < 4.78 is 44.5. The summed E-state index contributed by atoms with van der Waals surface area (Å²) in [7, 11) is 5.63. The van der Waals surface area contributed by atoms with Crippen LogP contribution in [0, 0.1) is 23.7 Å². The maximum Gasteiger partial charge on any atom is 0.405 e. The number of primary amides is 2. The lowest BCUT2D eigenvalue weighted by atomic mass is 9.85. The molecule has 10 N–H and O–H groups in total. The summed E-state index contributed by atoms with van der Waals surface area (Å²) in [4.78, 5) is 133. The number of fused-ring (bicyclic) bond motifs is 4. The molecule has 4 amide bonds. The number of hydrogen-bond donors (Lipinski definition) is 8. The lowest BCUT2D eigenvalue weighted by molar-refractivity contribution is -0.120. The van der Waals surface area contributed by atoms with Crippen LogP contribution in [0.2, 0.25) is 0 Å². The number of methoxy groups -OCH3 is 4. The topological polar surface area (TPSA) is 385 Å². The molecule has 510 valence electrons. The molecule has 26 heteroatoms. The van der Waals surface area contributed by atoms with Crippen LogP contribution in [0.5, 0.6) is 0 Å². The van der Waals surface area contributed by atoms with Crippen LogP contribution in [-0.4, -0.2) is 173 Å². The van der Waals surface area contributed by atoms with Crippen molar-refractivity contribution in [2.24, 2.45) is 35.1 Å². The van der Waals surface area contributed by atoms with Gasteiger partial charge < -0.3 is 80.8 Å². The Kier molecular flexibility index (Phi) is 29.0. The van der Waals surface area contributed by atoms with Gasteiger partial charge >= 0.3 is 24.1 Å². The zero-order chi connectivity index (χ0) is 69.7. The van der Waals surface area contributed by atoms with E-state index in [9.17, 15) is 58.2 Å². The summed E-state index contributed by atoms with van der Waals surface area (Å²) in [6, 6.07) is 5.34. The van der Waals surface area contributed by atoms with Gasteiger partial charge in [0.15, 0.2) is 12.2 Å². The number of hydrogen-bond acceptors (Lipinski definition) is 22. The number of rotatable bonds is 16. The van der Waals surface area contributed by atoms with Gasteiger partial charge in [-0.3, -0.25) is 28.8 Å². The molecule has 12 atom stereocenters. The molecular weight excluding hydrogens is 1220 g/mol. The number of carbonyl (C=O) groups is 10. The molecule has 2 aliphatic heterocycles. The van der Waals surface area contributed by atoms with E-state index in [0.29, 0.717) is 11.1 Å². The number of aliphatic hydroxyl groups is 2. The molecule has 0 unspecified atom stereocenters. The number of esters is 2. The molecule has 26 nitrogen and oxygen atoms in total. The third-order valence-electron chi connectivity index (χ3n) is 16.2. The van der Waals surface area contributed by atoms with Crippen LogP contribution in [0.3, 0.4) is 0 Å². The molecule has 4 aliphatic rings. The summed E-state index contributed by atoms with van der Waals surface area (Å²) in [6.45, 7) is 12.6. The summed E-state index contributed by atoms with van der Waals surface area (Å²) in [6.07, 6.45) is 5.04. The van der Waals surface area contributed by atoms with Gasteiger partial charge in [0.05, 0.1) is 58.3 Å². The minimum atomic E-state index is -1.10. The fourth-order valence-corrected chi connectivity index (χ4v) is 11.1. The van der Waals surface area contributed by atoms with E-state index in [4.69, 9.17) is 49.4 Å². The molecule has 0 saturated carbocycles. The first-order chi connectivity index (χ1) is 44.5. The minimum Gasteiger partial charge on any atom is -0.460 e. The Morgan fingerprint density at radius 1 is 0.553 bits per heavy atom. The zero-order valence-corrected chi connectivity index (χ0v) is 55.1. The highest BCUT2D eigenvalue weighted by molar-refractivity contribution is 6.24. The van der Waals surface area contributed by atoms with Gasteiger partial charge in [0, 0.05) is 87.8 Å². The minimum absolute atomic E-state index is 0.0138. The number of amides is 4. The number of allylic oxidation sites excluding steroid dienone is 8. The molecule has 2 aliphatic carbocycles. The largest absolute Gasteiger partial charge is 0.460 e. The molecule has 0 aromatic heterocycles. The van der Waals surface area contributed by atoms with Crippen LogP contribution in [0.4, 0.5) is 9.59 Å². The van der Waals surface area contributed by atoms with E-state index in [1.165, 1.54) is 103 Å². The Balaban J connectivity index is 1.25. The number of nitrogens with one attached hydrogen (secondary N) is 4. The molecule has 0 radical (unpaired) electrons. The van der Waals surface area contributed by atoms with Gasteiger partial charge in [0.1, 0.15) is 25.4 Å². The number of ether oxygens (including phenoxy) is 8. The summed E-state index contributed by atoms with van der Waals surface area (Å²) >= 11 is 0. The van der Waals surface area contributed by atoms with Crippen LogP contribution in [-0.2, 0) is 66.7 Å². The number of Topliss-reactive ketones (excluding diaryl/α,β-unsaturated/α-hetero) is 2. The summed E-state index contributed by atoms with van der Waals surface area (Å²) in [5.74, 6) is -7.51. The number of aliphatic hydroxyl groups excluding tert-OH is 2. The summed E-state index contributed by atoms with van der Waals surface area (Å²) in [5, 5.41) is 34.1. The zero-order valence-electron chi connectivity index (χ0n) is 55.1. The fraction of sp³-hybridized carbons (Fsp3) is 0.471. The van der Waals surface area contributed by atoms with Crippen molar-refractivity contribution < 1.29 is 96.1 Å². The van der Waals surface area contributed by atoms with Gasteiger partial charge in [-0.05, 0) is 101 Å². The Hall–Kier alpha value is -8.92. The van der Waals surface area contributed by atoms with Crippen molar-refractivity contribution in [2.75, 3.05) is 54.7 Å². The van der Waals surface area contributed by atoms with E-state index in [1.807, 2.05) is 0 Å². The van der Waals surface area contributed by atoms with E-state index in [1.54, 1.807) is 53.7 Å². The Morgan fingerprint density at radius 2 is 0.904 bits per heavy atom.